The fraction of sp³-hybridized carbons (Fsp3) is 0.333. The predicted octanol–water partition coefficient (Wildman–Crippen LogP) is 2.98. The van der Waals surface area contributed by atoms with E-state index in [4.69, 9.17) is 5.73 Å². The molecule has 20 heavy (non-hydrogen) atoms. The van der Waals surface area contributed by atoms with Gasteiger partial charge in [0.25, 0.3) is 0 Å². The van der Waals surface area contributed by atoms with Gasteiger partial charge in [-0.2, -0.15) is 0 Å². The fourth-order valence-corrected chi connectivity index (χ4v) is 2.58. The summed E-state index contributed by atoms with van der Waals surface area (Å²) < 4.78 is 0. The van der Waals surface area contributed by atoms with E-state index in [1.54, 1.807) is 11.3 Å². The third-order valence-corrected chi connectivity index (χ3v) is 3.88. The van der Waals surface area contributed by atoms with E-state index >= 15 is 0 Å². The molecular formula is C15H20N4S. The van der Waals surface area contributed by atoms with Crippen molar-refractivity contribution in [1.82, 2.24) is 4.98 Å². The number of thiazole rings is 1. The molecule has 0 saturated carbocycles. The summed E-state index contributed by atoms with van der Waals surface area (Å²) in [5.41, 5.74) is 8.14. The summed E-state index contributed by atoms with van der Waals surface area (Å²) in [5.74, 6) is 0.447. The highest BCUT2D eigenvalue weighted by molar-refractivity contribution is 7.11. The smallest absolute Gasteiger partial charge is 0.193 e. The Morgan fingerprint density at radius 1 is 1.35 bits per heavy atom. The maximum Gasteiger partial charge on any atom is 0.193 e. The van der Waals surface area contributed by atoms with Crippen LogP contribution in [0.5, 0.6) is 0 Å². The number of aromatic nitrogens is 1. The van der Waals surface area contributed by atoms with E-state index in [0.717, 1.165) is 23.5 Å². The summed E-state index contributed by atoms with van der Waals surface area (Å²) in [6.45, 7) is 4.84. The molecule has 1 heterocycles. The van der Waals surface area contributed by atoms with Gasteiger partial charge >= 0.3 is 0 Å². The summed E-state index contributed by atoms with van der Waals surface area (Å²) in [6, 6.07) is 8.22. The molecule has 4 nitrogen and oxygen atoms in total. The first-order valence-electron chi connectivity index (χ1n) is 6.74. The van der Waals surface area contributed by atoms with Gasteiger partial charge in [-0.1, -0.05) is 19.1 Å². The van der Waals surface area contributed by atoms with Gasteiger partial charge in [-0.25, -0.2) is 4.98 Å². The van der Waals surface area contributed by atoms with Crippen molar-refractivity contribution in [3.63, 3.8) is 0 Å². The Hall–Kier alpha value is -1.88. The number of rotatable bonds is 5. The van der Waals surface area contributed by atoms with Crippen LogP contribution in [0.2, 0.25) is 0 Å². The molecule has 1 aromatic carbocycles. The molecule has 3 N–H and O–H groups in total. The first-order chi connectivity index (χ1) is 9.67. The summed E-state index contributed by atoms with van der Waals surface area (Å²) in [4.78, 5) is 9.85. The molecular weight excluding hydrogens is 268 g/mol. The van der Waals surface area contributed by atoms with Crippen molar-refractivity contribution in [3.8, 4) is 0 Å². The molecule has 0 bridgehead atoms. The molecule has 106 valence electrons. The van der Waals surface area contributed by atoms with Crippen molar-refractivity contribution in [1.29, 1.82) is 0 Å². The standard InChI is InChI=1S/C15H20N4S/c1-3-12-4-6-13(7-5-12)19-15(16)17-9-8-14-18-10-11(2)20-14/h4-7,10H,3,8-9H2,1-2H3,(H3,16,17,19). The number of guanidine groups is 1. The van der Waals surface area contributed by atoms with Crippen molar-refractivity contribution in [3.05, 3.63) is 45.9 Å². The average Bonchev–Trinajstić information content (AvgIpc) is 2.85. The molecule has 0 aliphatic rings. The van der Waals surface area contributed by atoms with Crippen LogP contribution in [0.15, 0.2) is 35.5 Å². The van der Waals surface area contributed by atoms with E-state index < -0.39 is 0 Å². The molecule has 1 aromatic heterocycles. The number of anilines is 1. The van der Waals surface area contributed by atoms with Crippen LogP contribution in [-0.4, -0.2) is 17.5 Å². The number of hydrogen-bond donors (Lipinski definition) is 2. The molecule has 0 unspecified atom stereocenters. The number of aryl methyl sites for hydroxylation is 2. The molecule has 0 atom stereocenters. The van der Waals surface area contributed by atoms with Crippen LogP contribution >= 0.6 is 11.3 Å². The van der Waals surface area contributed by atoms with E-state index in [1.165, 1.54) is 10.4 Å². The van der Waals surface area contributed by atoms with Gasteiger partial charge in [-0.05, 0) is 31.0 Å². The van der Waals surface area contributed by atoms with E-state index in [-0.39, 0.29) is 0 Å². The lowest BCUT2D eigenvalue weighted by Gasteiger charge is -2.06. The van der Waals surface area contributed by atoms with Gasteiger partial charge in [0.05, 0.1) is 5.01 Å². The highest BCUT2D eigenvalue weighted by Crippen LogP contribution is 2.12. The first-order valence-corrected chi connectivity index (χ1v) is 7.56. The lowest BCUT2D eigenvalue weighted by molar-refractivity contribution is 0.949. The van der Waals surface area contributed by atoms with Crippen molar-refractivity contribution in [2.75, 3.05) is 11.9 Å². The second-order valence-corrected chi connectivity index (χ2v) is 5.88. The topological polar surface area (TPSA) is 63.3 Å². The maximum absolute atomic E-state index is 5.87. The largest absolute Gasteiger partial charge is 0.370 e. The zero-order chi connectivity index (χ0) is 14.4. The van der Waals surface area contributed by atoms with Gasteiger partial charge in [0.15, 0.2) is 5.96 Å². The Labute approximate surface area is 123 Å². The maximum atomic E-state index is 5.87. The van der Waals surface area contributed by atoms with Crippen molar-refractivity contribution in [2.24, 2.45) is 10.7 Å². The van der Waals surface area contributed by atoms with Crippen LogP contribution in [0.4, 0.5) is 5.69 Å². The minimum atomic E-state index is 0.447. The number of nitrogens with one attached hydrogen (secondary N) is 1. The lowest BCUT2D eigenvalue weighted by Crippen LogP contribution is -2.23. The van der Waals surface area contributed by atoms with Crippen LogP contribution < -0.4 is 11.1 Å². The first kappa shape index (κ1) is 14.5. The Kier molecular flexibility index (Phi) is 5.12. The highest BCUT2D eigenvalue weighted by atomic mass is 32.1. The molecule has 2 aromatic rings. The summed E-state index contributed by atoms with van der Waals surface area (Å²) in [5, 5.41) is 4.20. The molecule has 0 saturated heterocycles. The Morgan fingerprint density at radius 3 is 2.70 bits per heavy atom. The van der Waals surface area contributed by atoms with Crippen LogP contribution in [0, 0.1) is 6.92 Å². The average molecular weight is 288 g/mol. The van der Waals surface area contributed by atoms with E-state index in [9.17, 15) is 0 Å². The van der Waals surface area contributed by atoms with Crippen LogP contribution in [-0.2, 0) is 12.8 Å². The van der Waals surface area contributed by atoms with Crippen LogP contribution in [0.3, 0.4) is 0 Å². The zero-order valence-corrected chi connectivity index (χ0v) is 12.7. The normalized spacial score (nSPS) is 11.6. The SMILES string of the molecule is CCc1ccc(NC(N)=NCCc2ncc(C)s2)cc1. The number of benzene rings is 1. The van der Waals surface area contributed by atoms with E-state index in [0.29, 0.717) is 12.5 Å². The van der Waals surface area contributed by atoms with Crippen LogP contribution in [0.25, 0.3) is 0 Å². The Morgan fingerprint density at radius 2 is 2.10 bits per heavy atom. The Balaban J connectivity index is 1.83. The number of nitrogens with two attached hydrogens (primary N) is 1. The van der Waals surface area contributed by atoms with Crippen molar-refractivity contribution < 1.29 is 0 Å². The van der Waals surface area contributed by atoms with Crippen LogP contribution in [0.1, 0.15) is 22.4 Å². The summed E-state index contributed by atoms with van der Waals surface area (Å²) in [7, 11) is 0. The monoisotopic (exact) mass is 288 g/mol. The molecule has 0 radical (unpaired) electrons. The predicted molar refractivity (Wildman–Crippen MR) is 86.5 cm³/mol. The minimum Gasteiger partial charge on any atom is -0.370 e. The second kappa shape index (κ2) is 7.05. The van der Waals surface area contributed by atoms with Crippen molar-refractivity contribution in [2.45, 2.75) is 26.7 Å². The molecule has 0 amide bonds. The van der Waals surface area contributed by atoms with Crippen molar-refractivity contribution >= 4 is 23.0 Å². The third-order valence-electron chi connectivity index (χ3n) is 2.91. The summed E-state index contributed by atoms with van der Waals surface area (Å²) in [6.07, 6.45) is 3.76. The Bertz CT molecular complexity index is 572. The quantitative estimate of drug-likeness (QED) is 0.656. The van der Waals surface area contributed by atoms with E-state index in [2.05, 4.69) is 41.3 Å². The fourth-order valence-electron chi connectivity index (χ4n) is 1.80. The number of nitrogens with zero attached hydrogens (tertiary/aromatic N) is 2. The number of hydrogen-bond acceptors (Lipinski definition) is 3. The third kappa shape index (κ3) is 4.35. The van der Waals surface area contributed by atoms with Gasteiger partial charge in [-0.15, -0.1) is 11.3 Å². The van der Waals surface area contributed by atoms with Gasteiger partial charge in [0.2, 0.25) is 0 Å². The van der Waals surface area contributed by atoms with E-state index in [1.807, 2.05) is 18.3 Å². The molecule has 0 fully saturated rings. The molecule has 0 spiro atoms. The lowest BCUT2D eigenvalue weighted by atomic mass is 10.1. The highest BCUT2D eigenvalue weighted by Gasteiger charge is 1.99. The second-order valence-electron chi connectivity index (χ2n) is 4.56. The number of aliphatic imine (C=N–C) groups is 1. The molecule has 2 rings (SSSR count). The van der Waals surface area contributed by atoms with Gasteiger partial charge in [0, 0.05) is 29.7 Å². The summed E-state index contributed by atoms with van der Waals surface area (Å²) >= 11 is 1.71. The zero-order valence-electron chi connectivity index (χ0n) is 11.9. The molecule has 5 heteroatoms. The van der Waals surface area contributed by atoms with Gasteiger partial charge < -0.3 is 11.1 Å². The minimum absolute atomic E-state index is 0.447. The van der Waals surface area contributed by atoms with Gasteiger partial charge in [0.1, 0.15) is 0 Å². The molecule has 0 aliphatic carbocycles. The van der Waals surface area contributed by atoms with Gasteiger partial charge in [-0.3, -0.25) is 4.99 Å². The molecule has 0 aliphatic heterocycles.